The van der Waals surface area contributed by atoms with Crippen LogP contribution in [0.4, 0.5) is 8.78 Å². The molecule has 0 spiro atoms. The standard InChI is InChI=1S/C22H21ClF2N4O2/c23-17-5-1-2-7-20(17)31-15-29-19(8-9-26-29)22(30)28-12-10-27(11-13-28)14-16-4-3-6-18(24)21(16)25/h1-9H,10-15H2. The molecular formula is C22H21ClF2N4O2. The first kappa shape index (κ1) is 21.3. The van der Waals surface area contributed by atoms with Gasteiger partial charge in [0.05, 0.1) is 5.02 Å². The molecule has 1 aliphatic rings. The molecule has 1 aliphatic heterocycles. The summed E-state index contributed by atoms with van der Waals surface area (Å²) in [7, 11) is 0. The predicted molar refractivity (Wildman–Crippen MR) is 112 cm³/mol. The second-order valence-electron chi connectivity index (χ2n) is 7.20. The Bertz CT molecular complexity index is 1070. The molecule has 1 saturated heterocycles. The van der Waals surface area contributed by atoms with Crippen LogP contribution in [0.15, 0.2) is 54.7 Å². The average molecular weight is 447 g/mol. The number of piperazine rings is 1. The quantitative estimate of drug-likeness (QED) is 0.578. The minimum absolute atomic E-state index is 0.0522. The number of hydrogen-bond donors (Lipinski definition) is 0. The zero-order valence-electron chi connectivity index (χ0n) is 16.7. The summed E-state index contributed by atoms with van der Waals surface area (Å²) in [5.41, 5.74) is 0.728. The number of para-hydroxylation sites is 1. The van der Waals surface area contributed by atoms with Gasteiger partial charge in [-0.05, 0) is 24.3 Å². The molecule has 6 nitrogen and oxygen atoms in total. The highest BCUT2D eigenvalue weighted by molar-refractivity contribution is 6.32. The zero-order valence-corrected chi connectivity index (χ0v) is 17.4. The lowest BCUT2D eigenvalue weighted by Gasteiger charge is -2.34. The Morgan fingerprint density at radius 1 is 1.03 bits per heavy atom. The van der Waals surface area contributed by atoms with E-state index < -0.39 is 11.6 Å². The molecule has 0 N–H and O–H groups in total. The summed E-state index contributed by atoms with van der Waals surface area (Å²) in [5, 5.41) is 4.66. The maximum Gasteiger partial charge on any atom is 0.272 e. The monoisotopic (exact) mass is 446 g/mol. The van der Waals surface area contributed by atoms with Gasteiger partial charge in [0.15, 0.2) is 18.4 Å². The number of aromatic nitrogens is 2. The Kier molecular flexibility index (Phi) is 6.48. The molecule has 0 bridgehead atoms. The molecule has 2 aromatic carbocycles. The molecule has 0 unspecified atom stereocenters. The number of ether oxygens (including phenoxy) is 1. The molecule has 3 aromatic rings. The number of carbonyl (C=O) groups excluding carboxylic acids is 1. The van der Waals surface area contributed by atoms with Crippen LogP contribution in [0.3, 0.4) is 0 Å². The largest absolute Gasteiger partial charge is 0.470 e. The van der Waals surface area contributed by atoms with Crippen LogP contribution >= 0.6 is 11.6 Å². The average Bonchev–Trinajstić information content (AvgIpc) is 3.25. The van der Waals surface area contributed by atoms with E-state index >= 15 is 0 Å². The van der Waals surface area contributed by atoms with Gasteiger partial charge in [-0.3, -0.25) is 9.69 Å². The molecule has 0 radical (unpaired) electrons. The number of benzene rings is 2. The third-order valence-electron chi connectivity index (χ3n) is 5.20. The first-order valence-electron chi connectivity index (χ1n) is 9.86. The Morgan fingerprint density at radius 2 is 1.81 bits per heavy atom. The maximum atomic E-state index is 13.9. The van der Waals surface area contributed by atoms with Crippen molar-refractivity contribution < 1.29 is 18.3 Å². The summed E-state index contributed by atoms with van der Waals surface area (Å²) in [6, 6.07) is 12.9. The number of halogens is 3. The van der Waals surface area contributed by atoms with E-state index in [4.69, 9.17) is 16.3 Å². The molecule has 2 heterocycles. The molecule has 0 aliphatic carbocycles. The minimum atomic E-state index is -0.849. The molecule has 9 heteroatoms. The molecule has 0 saturated carbocycles. The van der Waals surface area contributed by atoms with Crippen LogP contribution in [0.5, 0.6) is 5.75 Å². The van der Waals surface area contributed by atoms with Crippen LogP contribution < -0.4 is 4.74 Å². The van der Waals surface area contributed by atoms with Gasteiger partial charge in [-0.2, -0.15) is 5.10 Å². The minimum Gasteiger partial charge on any atom is -0.470 e. The summed E-state index contributed by atoms with van der Waals surface area (Å²) in [4.78, 5) is 16.7. The highest BCUT2D eigenvalue weighted by atomic mass is 35.5. The molecule has 31 heavy (non-hydrogen) atoms. The second kappa shape index (κ2) is 9.45. The Labute approximate surface area is 183 Å². The third-order valence-corrected chi connectivity index (χ3v) is 5.51. The normalized spacial score (nSPS) is 14.6. The van der Waals surface area contributed by atoms with Gasteiger partial charge in [0.1, 0.15) is 11.4 Å². The van der Waals surface area contributed by atoms with E-state index in [2.05, 4.69) is 5.10 Å². The summed E-state index contributed by atoms with van der Waals surface area (Å²) >= 11 is 6.10. The SMILES string of the molecule is O=C(c1ccnn1COc1ccccc1Cl)N1CCN(Cc2cccc(F)c2F)CC1. The second-order valence-corrected chi connectivity index (χ2v) is 7.61. The van der Waals surface area contributed by atoms with Gasteiger partial charge in [-0.1, -0.05) is 35.9 Å². The van der Waals surface area contributed by atoms with Crippen LogP contribution in [0.2, 0.25) is 5.02 Å². The van der Waals surface area contributed by atoms with Gasteiger partial charge in [0.2, 0.25) is 0 Å². The van der Waals surface area contributed by atoms with E-state index in [0.29, 0.717) is 54.8 Å². The van der Waals surface area contributed by atoms with Crippen molar-refractivity contribution >= 4 is 17.5 Å². The molecule has 1 amide bonds. The Balaban J connectivity index is 1.34. The van der Waals surface area contributed by atoms with Gasteiger partial charge in [-0.25, -0.2) is 13.5 Å². The predicted octanol–water partition coefficient (Wildman–Crippen LogP) is 3.81. The molecular weight excluding hydrogens is 426 g/mol. The highest BCUT2D eigenvalue weighted by Crippen LogP contribution is 2.23. The number of amides is 1. The van der Waals surface area contributed by atoms with Gasteiger partial charge >= 0.3 is 0 Å². The van der Waals surface area contributed by atoms with Crippen LogP contribution in [-0.2, 0) is 13.3 Å². The summed E-state index contributed by atoms with van der Waals surface area (Å²) in [5.74, 6) is -1.31. The van der Waals surface area contributed by atoms with E-state index in [1.165, 1.54) is 10.7 Å². The zero-order chi connectivity index (χ0) is 21.8. The van der Waals surface area contributed by atoms with Crippen LogP contribution in [-0.4, -0.2) is 51.7 Å². The lowest BCUT2D eigenvalue weighted by Crippen LogP contribution is -2.48. The van der Waals surface area contributed by atoms with Crippen molar-refractivity contribution in [1.29, 1.82) is 0 Å². The summed E-state index contributed by atoms with van der Waals surface area (Å²) < 4.78 is 34.5. The number of nitrogens with zero attached hydrogens (tertiary/aromatic N) is 4. The van der Waals surface area contributed by atoms with E-state index in [1.807, 2.05) is 11.0 Å². The van der Waals surface area contributed by atoms with Gasteiger partial charge < -0.3 is 9.64 Å². The summed E-state index contributed by atoms with van der Waals surface area (Å²) in [6.07, 6.45) is 1.55. The topological polar surface area (TPSA) is 50.6 Å². The first-order valence-corrected chi connectivity index (χ1v) is 10.2. The van der Waals surface area contributed by atoms with Gasteiger partial charge in [-0.15, -0.1) is 0 Å². The van der Waals surface area contributed by atoms with Crippen molar-refractivity contribution in [3.8, 4) is 5.75 Å². The number of carbonyl (C=O) groups is 1. The highest BCUT2D eigenvalue weighted by Gasteiger charge is 2.25. The number of hydrogen-bond acceptors (Lipinski definition) is 4. The molecule has 1 aromatic heterocycles. The van der Waals surface area contributed by atoms with Gasteiger partial charge in [0, 0.05) is 44.5 Å². The molecule has 0 atom stereocenters. The van der Waals surface area contributed by atoms with E-state index in [9.17, 15) is 13.6 Å². The van der Waals surface area contributed by atoms with E-state index in [0.717, 1.165) is 6.07 Å². The van der Waals surface area contributed by atoms with Crippen molar-refractivity contribution in [3.05, 3.63) is 82.6 Å². The van der Waals surface area contributed by atoms with E-state index in [1.54, 1.807) is 41.4 Å². The molecule has 162 valence electrons. The van der Waals surface area contributed by atoms with Crippen molar-refractivity contribution in [2.45, 2.75) is 13.3 Å². The fraction of sp³-hybridized carbons (Fsp3) is 0.273. The van der Waals surface area contributed by atoms with Crippen LogP contribution in [0.25, 0.3) is 0 Å². The van der Waals surface area contributed by atoms with Crippen LogP contribution in [0, 0.1) is 11.6 Å². The van der Waals surface area contributed by atoms with E-state index in [-0.39, 0.29) is 12.6 Å². The Hall–Kier alpha value is -2.97. The maximum absolute atomic E-state index is 13.9. The molecule has 1 fully saturated rings. The lowest BCUT2D eigenvalue weighted by molar-refractivity contribution is 0.0606. The van der Waals surface area contributed by atoms with Crippen molar-refractivity contribution in [2.24, 2.45) is 0 Å². The Morgan fingerprint density at radius 3 is 2.58 bits per heavy atom. The summed E-state index contributed by atoms with van der Waals surface area (Å²) in [6.45, 7) is 2.43. The number of rotatable bonds is 6. The lowest BCUT2D eigenvalue weighted by atomic mass is 10.1. The van der Waals surface area contributed by atoms with Crippen LogP contribution in [0.1, 0.15) is 16.1 Å². The van der Waals surface area contributed by atoms with Crippen molar-refractivity contribution in [2.75, 3.05) is 26.2 Å². The molecule has 4 rings (SSSR count). The fourth-order valence-electron chi connectivity index (χ4n) is 3.49. The van der Waals surface area contributed by atoms with Crippen molar-refractivity contribution in [3.63, 3.8) is 0 Å². The third kappa shape index (κ3) is 4.86. The first-order chi connectivity index (χ1) is 15.0. The smallest absolute Gasteiger partial charge is 0.272 e. The van der Waals surface area contributed by atoms with Crippen molar-refractivity contribution in [1.82, 2.24) is 19.6 Å². The fourth-order valence-corrected chi connectivity index (χ4v) is 3.68. The van der Waals surface area contributed by atoms with Gasteiger partial charge in [0.25, 0.3) is 5.91 Å².